The van der Waals surface area contributed by atoms with Crippen molar-refractivity contribution in [2.24, 2.45) is 0 Å². The first-order valence-electron chi connectivity index (χ1n) is 7.69. The average molecular weight is 304 g/mol. The van der Waals surface area contributed by atoms with E-state index in [0.29, 0.717) is 5.95 Å². The van der Waals surface area contributed by atoms with Gasteiger partial charge in [0, 0.05) is 17.9 Å². The Morgan fingerprint density at radius 1 is 0.913 bits per heavy atom. The van der Waals surface area contributed by atoms with Crippen LogP contribution < -0.4 is 10.6 Å². The molecule has 4 nitrogen and oxygen atoms in total. The minimum absolute atomic E-state index is 0.178. The molecule has 0 aliphatic heterocycles. The summed E-state index contributed by atoms with van der Waals surface area (Å²) in [5.41, 5.74) is 3.40. The minimum atomic E-state index is 0.178. The molecule has 0 spiro atoms. The molecule has 0 bridgehead atoms. The maximum Gasteiger partial charge on any atom is 0.229 e. The second-order valence-electron chi connectivity index (χ2n) is 5.48. The van der Waals surface area contributed by atoms with Crippen LogP contribution >= 0.6 is 0 Å². The first-order valence-corrected chi connectivity index (χ1v) is 7.69. The van der Waals surface area contributed by atoms with E-state index in [4.69, 9.17) is 0 Å². The number of nitrogens with one attached hydrogen (secondary N) is 2. The fourth-order valence-corrected chi connectivity index (χ4v) is 2.38. The zero-order chi connectivity index (χ0) is 16.1. The summed E-state index contributed by atoms with van der Waals surface area (Å²) in [5.74, 6) is 1.39. The number of nitrogens with zero attached hydrogens (tertiary/aromatic N) is 2. The van der Waals surface area contributed by atoms with Crippen LogP contribution in [-0.4, -0.2) is 9.97 Å². The Morgan fingerprint density at radius 3 is 2.43 bits per heavy atom. The number of hydrogen-bond acceptors (Lipinski definition) is 4. The largest absolute Gasteiger partial charge is 0.363 e. The van der Waals surface area contributed by atoms with E-state index >= 15 is 0 Å². The van der Waals surface area contributed by atoms with Gasteiger partial charge in [-0.3, -0.25) is 0 Å². The molecule has 0 saturated heterocycles. The van der Waals surface area contributed by atoms with Crippen LogP contribution in [0.1, 0.15) is 24.1 Å². The lowest BCUT2D eigenvalue weighted by atomic mass is 10.1. The summed E-state index contributed by atoms with van der Waals surface area (Å²) < 4.78 is 0. The van der Waals surface area contributed by atoms with Crippen LogP contribution in [0.2, 0.25) is 0 Å². The third kappa shape index (κ3) is 3.86. The van der Waals surface area contributed by atoms with Crippen molar-refractivity contribution in [1.82, 2.24) is 9.97 Å². The molecular weight excluding hydrogens is 284 g/mol. The second-order valence-corrected chi connectivity index (χ2v) is 5.48. The van der Waals surface area contributed by atoms with Crippen molar-refractivity contribution in [1.29, 1.82) is 0 Å². The van der Waals surface area contributed by atoms with Crippen molar-refractivity contribution >= 4 is 17.5 Å². The predicted octanol–water partition coefficient (Wildman–Crippen LogP) is 4.70. The van der Waals surface area contributed by atoms with Gasteiger partial charge in [0.05, 0.1) is 0 Å². The normalized spacial score (nSPS) is 11.7. The Balaban J connectivity index is 1.74. The molecule has 0 radical (unpaired) electrons. The Morgan fingerprint density at radius 2 is 1.65 bits per heavy atom. The van der Waals surface area contributed by atoms with E-state index in [1.807, 2.05) is 42.5 Å². The first kappa shape index (κ1) is 15.0. The maximum atomic E-state index is 4.54. The SMILES string of the molecule is Cc1ccccc1Nc1nccc(NC(C)c2ccccc2)n1. The summed E-state index contributed by atoms with van der Waals surface area (Å²) in [7, 11) is 0. The maximum absolute atomic E-state index is 4.54. The lowest BCUT2D eigenvalue weighted by Crippen LogP contribution is -2.09. The highest BCUT2D eigenvalue weighted by Gasteiger charge is 2.07. The highest BCUT2D eigenvalue weighted by atomic mass is 15.1. The standard InChI is InChI=1S/C19H20N4/c1-14-8-6-7-11-17(14)22-19-20-13-12-18(23-19)21-15(2)16-9-4-3-5-10-16/h3-13,15H,1-2H3,(H2,20,21,22,23). The van der Waals surface area contributed by atoms with Crippen molar-refractivity contribution in [3.8, 4) is 0 Å². The summed E-state index contributed by atoms with van der Waals surface area (Å²) in [6.45, 7) is 4.17. The van der Waals surface area contributed by atoms with Gasteiger partial charge in [0.15, 0.2) is 0 Å². The van der Waals surface area contributed by atoms with E-state index in [9.17, 15) is 0 Å². The van der Waals surface area contributed by atoms with Gasteiger partial charge in [-0.1, -0.05) is 48.5 Å². The topological polar surface area (TPSA) is 49.8 Å². The van der Waals surface area contributed by atoms with Crippen LogP contribution in [0.25, 0.3) is 0 Å². The molecule has 0 aliphatic carbocycles. The van der Waals surface area contributed by atoms with Gasteiger partial charge in [0.25, 0.3) is 0 Å². The van der Waals surface area contributed by atoms with E-state index in [1.165, 1.54) is 5.56 Å². The molecule has 116 valence electrons. The molecule has 23 heavy (non-hydrogen) atoms. The Labute approximate surface area is 136 Å². The summed E-state index contributed by atoms with van der Waals surface area (Å²) in [4.78, 5) is 8.83. The van der Waals surface area contributed by atoms with Crippen molar-refractivity contribution in [3.63, 3.8) is 0 Å². The molecule has 0 fully saturated rings. The molecule has 4 heteroatoms. The van der Waals surface area contributed by atoms with Crippen molar-refractivity contribution in [2.45, 2.75) is 19.9 Å². The summed E-state index contributed by atoms with van der Waals surface area (Å²) in [6.07, 6.45) is 1.76. The highest BCUT2D eigenvalue weighted by Crippen LogP contribution is 2.20. The van der Waals surface area contributed by atoms with Gasteiger partial charge in [-0.25, -0.2) is 4.98 Å². The summed E-state index contributed by atoms with van der Waals surface area (Å²) >= 11 is 0. The van der Waals surface area contributed by atoms with Gasteiger partial charge in [-0.15, -0.1) is 0 Å². The Hall–Kier alpha value is -2.88. The molecule has 0 aliphatic rings. The Kier molecular flexibility index (Phi) is 4.52. The quantitative estimate of drug-likeness (QED) is 0.717. The molecule has 3 rings (SSSR count). The second kappa shape index (κ2) is 6.92. The van der Waals surface area contributed by atoms with Crippen LogP contribution in [0.4, 0.5) is 17.5 Å². The van der Waals surface area contributed by atoms with Gasteiger partial charge in [0.2, 0.25) is 5.95 Å². The van der Waals surface area contributed by atoms with Crippen LogP contribution in [0.3, 0.4) is 0 Å². The zero-order valence-electron chi connectivity index (χ0n) is 13.3. The van der Waals surface area contributed by atoms with Gasteiger partial charge in [-0.05, 0) is 37.1 Å². The summed E-state index contributed by atoms with van der Waals surface area (Å²) in [6, 6.07) is 20.4. The smallest absolute Gasteiger partial charge is 0.229 e. The number of para-hydroxylation sites is 1. The van der Waals surface area contributed by atoms with E-state index in [0.717, 1.165) is 17.1 Å². The van der Waals surface area contributed by atoms with Gasteiger partial charge < -0.3 is 10.6 Å². The molecule has 0 saturated carbocycles. The molecule has 2 N–H and O–H groups in total. The molecule has 2 aromatic carbocycles. The number of benzene rings is 2. The molecule has 1 unspecified atom stereocenters. The molecule has 1 heterocycles. The molecule has 0 amide bonds. The Bertz CT molecular complexity index is 771. The fourth-order valence-electron chi connectivity index (χ4n) is 2.38. The number of aryl methyl sites for hydroxylation is 1. The number of anilines is 3. The first-order chi connectivity index (χ1) is 11.2. The van der Waals surface area contributed by atoms with Crippen LogP contribution in [-0.2, 0) is 0 Å². The molecule has 1 aromatic heterocycles. The van der Waals surface area contributed by atoms with Crippen molar-refractivity contribution in [3.05, 3.63) is 78.0 Å². The lowest BCUT2D eigenvalue weighted by molar-refractivity contribution is 0.873. The third-order valence-electron chi connectivity index (χ3n) is 3.71. The number of rotatable bonds is 5. The zero-order valence-corrected chi connectivity index (χ0v) is 13.3. The number of hydrogen-bond donors (Lipinski definition) is 2. The minimum Gasteiger partial charge on any atom is -0.363 e. The molecular formula is C19H20N4. The molecule has 3 aromatic rings. The van der Waals surface area contributed by atoms with E-state index in [-0.39, 0.29) is 6.04 Å². The van der Waals surface area contributed by atoms with Crippen LogP contribution in [0.5, 0.6) is 0 Å². The van der Waals surface area contributed by atoms with Crippen molar-refractivity contribution in [2.75, 3.05) is 10.6 Å². The van der Waals surface area contributed by atoms with Gasteiger partial charge in [-0.2, -0.15) is 4.98 Å². The van der Waals surface area contributed by atoms with E-state index in [1.54, 1.807) is 6.20 Å². The monoisotopic (exact) mass is 304 g/mol. The van der Waals surface area contributed by atoms with Gasteiger partial charge >= 0.3 is 0 Å². The van der Waals surface area contributed by atoms with Crippen LogP contribution in [0, 0.1) is 6.92 Å². The lowest BCUT2D eigenvalue weighted by Gasteiger charge is -2.15. The number of aromatic nitrogens is 2. The van der Waals surface area contributed by atoms with E-state index < -0.39 is 0 Å². The highest BCUT2D eigenvalue weighted by molar-refractivity contribution is 5.58. The molecule has 1 atom stereocenters. The van der Waals surface area contributed by atoms with Gasteiger partial charge in [0.1, 0.15) is 5.82 Å². The summed E-state index contributed by atoms with van der Waals surface area (Å²) in [5, 5.41) is 6.67. The van der Waals surface area contributed by atoms with Crippen LogP contribution in [0.15, 0.2) is 66.9 Å². The fraction of sp³-hybridized carbons (Fsp3) is 0.158. The van der Waals surface area contributed by atoms with Crippen molar-refractivity contribution < 1.29 is 0 Å². The average Bonchev–Trinajstić information content (AvgIpc) is 2.58. The van der Waals surface area contributed by atoms with E-state index in [2.05, 4.69) is 52.6 Å². The predicted molar refractivity (Wildman–Crippen MR) is 95.0 cm³/mol. The third-order valence-corrected chi connectivity index (χ3v) is 3.71.